The van der Waals surface area contributed by atoms with E-state index in [1.807, 2.05) is 0 Å². The van der Waals surface area contributed by atoms with E-state index in [0.717, 1.165) is 16.4 Å². The summed E-state index contributed by atoms with van der Waals surface area (Å²) in [5.74, 6) is -0.196. The van der Waals surface area contributed by atoms with E-state index in [4.69, 9.17) is 9.47 Å². The maximum atomic E-state index is 13.4. The number of ether oxygens (including phenoxy) is 2. The predicted molar refractivity (Wildman–Crippen MR) is 116 cm³/mol. The molecule has 3 aromatic carbocycles. The van der Waals surface area contributed by atoms with Gasteiger partial charge in [-0.05, 0) is 60.7 Å². The van der Waals surface area contributed by atoms with Gasteiger partial charge in [0.05, 0.1) is 30.5 Å². The Kier molecular flexibility index (Phi) is 6.76. The fourth-order valence-corrected chi connectivity index (χ4v) is 4.29. The highest BCUT2D eigenvalue weighted by Crippen LogP contribution is 2.27. The summed E-state index contributed by atoms with van der Waals surface area (Å²) in [6, 6.07) is 17.4. The van der Waals surface area contributed by atoms with E-state index >= 15 is 0 Å². The summed E-state index contributed by atoms with van der Waals surface area (Å²) in [4.78, 5) is 12.7. The number of methoxy groups -OCH3 is 2. The number of hydrogen-bond acceptors (Lipinski definition) is 5. The lowest BCUT2D eigenvalue weighted by Gasteiger charge is -2.24. The molecule has 0 aromatic heterocycles. The van der Waals surface area contributed by atoms with Crippen molar-refractivity contribution < 1.29 is 27.1 Å². The van der Waals surface area contributed by atoms with E-state index in [-0.39, 0.29) is 10.6 Å². The van der Waals surface area contributed by atoms with Crippen LogP contribution in [0.15, 0.2) is 77.7 Å². The first-order valence-electron chi connectivity index (χ1n) is 9.20. The minimum absolute atomic E-state index is 0.0392. The van der Waals surface area contributed by atoms with Crippen LogP contribution in [0.2, 0.25) is 0 Å². The lowest BCUT2D eigenvalue weighted by atomic mass is 10.3. The molecule has 1 amide bonds. The number of sulfonamides is 1. The molecule has 162 valence electrons. The Labute approximate surface area is 180 Å². The minimum atomic E-state index is -4.13. The molecule has 0 spiro atoms. The number of rotatable bonds is 8. The highest BCUT2D eigenvalue weighted by atomic mass is 32.2. The molecular weight excluding hydrogens is 423 g/mol. The highest BCUT2D eigenvalue weighted by molar-refractivity contribution is 7.92. The standard InChI is InChI=1S/C22H21FN2O5S/c1-29-18-11-13-19(14-12-18)31(27,28)25(17-9-7-16(23)8-10-17)15-22(26)24-20-5-3-4-6-21(20)30-2/h3-14H,15H2,1-2H3,(H,24,26). The molecule has 3 aromatic rings. The summed E-state index contributed by atoms with van der Waals surface area (Å²) in [5.41, 5.74) is 0.545. The summed E-state index contributed by atoms with van der Waals surface area (Å²) in [6.45, 7) is -0.530. The number of amides is 1. The van der Waals surface area contributed by atoms with Crippen molar-refractivity contribution in [2.45, 2.75) is 4.90 Å². The summed E-state index contributed by atoms with van der Waals surface area (Å²) in [7, 11) is -1.20. The summed E-state index contributed by atoms with van der Waals surface area (Å²) in [6.07, 6.45) is 0. The van der Waals surface area contributed by atoms with Gasteiger partial charge in [0.15, 0.2) is 0 Å². The Morgan fingerprint density at radius 1 is 0.935 bits per heavy atom. The first-order valence-corrected chi connectivity index (χ1v) is 10.6. The van der Waals surface area contributed by atoms with Gasteiger partial charge in [-0.2, -0.15) is 0 Å². The van der Waals surface area contributed by atoms with Crippen LogP contribution in [-0.2, 0) is 14.8 Å². The Hall–Kier alpha value is -3.59. The maximum absolute atomic E-state index is 13.4. The number of halogens is 1. The Morgan fingerprint density at radius 3 is 2.19 bits per heavy atom. The van der Waals surface area contributed by atoms with Crippen LogP contribution in [0, 0.1) is 5.82 Å². The molecule has 0 saturated heterocycles. The molecule has 3 rings (SSSR count). The highest BCUT2D eigenvalue weighted by Gasteiger charge is 2.27. The molecular formula is C22H21FN2O5S. The molecule has 31 heavy (non-hydrogen) atoms. The van der Waals surface area contributed by atoms with Crippen LogP contribution >= 0.6 is 0 Å². The van der Waals surface area contributed by atoms with Crippen molar-refractivity contribution in [3.8, 4) is 11.5 Å². The normalized spacial score (nSPS) is 10.9. The van der Waals surface area contributed by atoms with Crippen LogP contribution in [0.4, 0.5) is 15.8 Å². The number of para-hydroxylation sites is 2. The van der Waals surface area contributed by atoms with Crippen molar-refractivity contribution >= 4 is 27.3 Å². The van der Waals surface area contributed by atoms with Gasteiger partial charge >= 0.3 is 0 Å². The van der Waals surface area contributed by atoms with Gasteiger partial charge in [-0.25, -0.2) is 12.8 Å². The summed E-state index contributed by atoms with van der Waals surface area (Å²) in [5, 5.41) is 2.65. The molecule has 0 saturated carbocycles. The molecule has 0 aliphatic heterocycles. The SMILES string of the molecule is COc1ccc(S(=O)(=O)N(CC(=O)Nc2ccccc2OC)c2ccc(F)cc2)cc1. The molecule has 0 radical (unpaired) electrons. The molecule has 0 bridgehead atoms. The molecule has 0 fully saturated rings. The summed E-state index contributed by atoms with van der Waals surface area (Å²) < 4.78 is 51.2. The molecule has 1 N–H and O–H groups in total. The number of nitrogens with zero attached hydrogens (tertiary/aromatic N) is 1. The quantitative estimate of drug-likeness (QED) is 0.573. The smallest absolute Gasteiger partial charge is 0.264 e. The molecule has 0 heterocycles. The zero-order valence-electron chi connectivity index (χ0n) is 16.9. The van der Waals surface area contributed by atoms with E-state index in [2.05, 4.69) is 5.32 Å². The van der Waals surface area contributed by atoms with Crippen molar-refractivity contribution in [1.29, 1.82) is 0 Å². The van der Waals surface area contributed by atoms with Gasteiger partial charge in [0, 0.05) is 0 Å². The van der Waals surface area contributed by atoms with Crippen molar-refractivity contribution in [3.05, 3.63) is 78.6 Å². The number of nitrogens with one attached hydrogen (secondary N) is 1. The van der Waals surface area contributed by atoms with Crippen LogP contribution in [0.5, 0.6) is 11.5 Å². The second-order valence-electron chi connectivity index (χ2n) is 6.41. The average Bonchev–Trinajstić information content (AvgIpc) is 2.78. The fourth-order valence-electron chi connectivity index (χ4n) is 2.87. The molecule has 9 heteroatoms. The minimum Gasteiger partial charge on any atom is -0.497 e. The predicted octanol–water partition coefficient (Wildman–Crippen LogP) is 3.68. The largest absolute Gasteiger partial charge is 0.497 e. The zero-order valence-corrected chi connectivity index (χ0v) is 17.7. The van der Waals surface area contributed by atoms with E-state index < -0.39 is 28.3 Å². The maximum Gasteiger partial charge on any atom is 0.264 e. The lowest BCUT2D eigenvalue weighted by Crippen LogP contribution is -2.38. The summed E-state index contributed by atoms with van der Waals surface area (Å²) >= 11 is 0. The van der Waals surface area contributed by atoms with Crippen molar-refractivity contribution in [1.82, 2.24) is 0 Å². The zero-order chi connectivity index (χ0) is 22.4. The third-order valence-corrected chi connectivity index (χ3v) is 6.22. The van der Waals surface area contributed by atoms with Crippen molar-refractivity contribution in [3.63, 3.8) is 0 Å². The van der Waals surface area contributed by atoms with Crippen LogP contribution in [0.3, 0.4) is 0 Å². The second kappa shape index (κ2) is 9.48. The molecule has 0 unspecified atom stereocenters. The number of anilines is 2. The van der Waals surface area contributed by atoms with Gasteiger partial charge in [-0.3, -0.25) is 9.10 Å². The third kappa shape index (κ3) is 5.13. The molecule has 0 aliphatic rings. The second-order valence-corrected chi connectivity index (χ2v) is 8.27. The van der Waals surface area contributed by atoms with Gasteiger partial charge in [-0.15, -0.1) is 0 Å². The van der Waals surface area contributed by atoms with E-state index in [9.17, 15) is 17.6 Å². The van der Waals surface area contributed by atoms with Crippen LogP contribution in [0.1, 0.15) is 0 Å². The Balaban J connectivity index is 1.94. The number of benzene rings is 3. The van der Waals surface area contributed by atoms with E-state index in [1.165, 1.54) is 50.6 Å². The van der Waals surface area contributed by atoms with E-state index in [0.29, 0.717) is 17.2 Å². The molecule has 0 atom stereocenters. The van der Waals surface area contributed by atoms with Crippen molar-refractivity contribution in [2.75, 3.05) is 30.4 Å². The van der Waals surface area contributed by atoms with Crippen LogP contribution in [-0.4, -0.2) is 35.1 Å². The van der Waals surface area contributed by atoms with Gasteiger partial charge in [0.2, 0.25) is 5.91 Å². The first kappa shape index (κ1) is 22.1. The number of hydrogen-bond donors (Lipinski definition) is 1. The average molecular weight is 444 g/mol. The lowest BCUT2D eigenvalue weighted by molar-refractivity contribution is -0.114. The Morgan fingerprint density at radius 2 is 1.58 bits per heavy atom. The molecule has 0 aliphatic carbocycles. The number of carbonyl (C=O) groups is 1. The van der Waals surface area contributed by atoms with Crippen molar-refractivity contribution in [2.24, 2.45) is 0 Å². The third-order valence-electron chi connectivity index (χ3n) is 4.43. The van der Waals surface area contributed by atoms with Gasteiger partial charge in [0.1, 0.15) is 23.9 Å². The van der Waals surface area contributed by atoms with Gasteiger partial charge in [-0.1, -0.05) is 12.1 Å². The van der Waals surface area contributed by atoms with Gasteiger partial charge in [0.25, 0.3) is 10.0 Å². The van der Waals surface area contributed by atoms with E-state index in [1.54, 1.807) is 24.3 Å². The number of carbonyl (C=O) groups excluding carboxylic acids is 1. The van der Waals surface area contributed by atoms with Crippen LogP contribution < -0.4 is 19.1 Å². The first-order chi connectivity index (χ1) is 14.8. The molecule has 7 nitrogen and oxygen atoms in total. The fraction of sp³-hybridized carbons (Fsp3) is 0.136. The monoisotopic (exact) mass is 444 g/mol. The topological polar surface area (TPSA) is 84.9 Å². The Bertz CT molecular complexity index is 1150. The van der Waals surface area contributed by atoms with Crippen LogP contribution in [0.25, 0.3) is 0 Å². The van der Waals surface area contributed by atoms with Gasteiger partial charge < -0.3 is 14.8 Å².